The maximum absolute atomic E-state index is 12.7. The Kier molecular flexibility index (Phi) is 4.40. The predicted octanol–water partition coefficient (Wildman–Crippen LogP) is 3.02. The second-order valence-electron chi connectivity index (χ2n) is 7.10. The van der Waals surface area contributed by atoms with E-state index in [1.807, 2.05) is 24.3 Å². The van der Waals surface area contributed by atoms with Crippen LogP contribution in [0.4, 0.5) is 11.5 Å². The van der Waals surface area contributed by atoms with Crippen LogP contribution in [0.3, 0.4) is 0 Å². The normalized spacial score (nSPS) is 13.2. The summed E-state index contributed by atoms with van der Waals surface area (Å²) in [4.78, 5) is 36.9. The van der Waals surface area contributed by atoms with Crippen molar-refractivity contribution >= 4 is 34.2 Å². The lowest BCUT2D eigenvalue weighted by Gasteiger charge is -2.07. The third-order valence-corrected chi connectivity index (χ3v) is 4.87. The van der Waals surface area contributed by atoms with Crippen LogP contribution < -0.4 is 10.6 Å². The van der Waals surface area contributed by atoms with Crippen molar-refractivity contribution in [1.29, 1.82) is 0 Å². The maximum atomic E-state index is 12.7. The number of aromatic amines is 1. The van der Waals surface area contributed by atoms with Crippen LogP contribution in [0.2, 0.25) is 0 Å². The van der Waals surface area contributed by atoms with Gasteiger partial charge in [0.1, 0.15) is 0 Å². The van der Waals surface area contributed by atoms with Gasteiger partial charge in [-0.25, -0.2) is 4.98 Å². The fourth-order valence-electron chi connectivity index (χ4n) is 3.16. The molecule has 148 valence electrons. The van der Waals surface area contributed by atoms with E-state index in [1.165, 1.54) is 18.6 Å². The predicted molar refractivity (Wildman–Crippen MR) is 111 cm³/mol. The standard InChI is InChI=1S/C21H17N7O2/c29-20(12-1-2-12)25-15-7-14(9-23-10-15)13-3-4-17-16(8-13)19(28-27-17)21(30)26-18-11-22-5-6-24-18/h3-12H,1-2H2,(H,25,29)(H,27,28)(H,24,26,30). The van der Waals surface area contributed by atoms with Crippen molar-refractivity contribution in [2.75, 3.05) is 10.6 Å². The van der Waals surface area contributed by atoms with Gasteiger partial charge in [0.25, 0.3) is 5.91 Å². The van der Waals surface area contributed by atoms with Crippen molar-refractivity contribution in [3.63, 3.8) is 0 Å². The number of nitrogens with one attached hydrogen (secondary N) is 3. The highest BCUT2D eigenvalue weighted by molar-refractivity contribution is 6.11. The highest BCUT2D eigenvalue weighted by Crippen LogP contribution is 2.31. The van der Waals surface area contributed by atoms with E-state index in [4.69, 9.17) is 0 Å². The number of carbonyl (C=O) groups excluding carboxylic acids is 2. The Balaban J connectivity index is 1.44. The molecule has 5 rings (SSSR count). The Morgan fingerprint density at radius 3 is 2.67 bits per heavy atom. The number of carbonyl (C=O) groups is 2. The zero-order valence-corrected chi connectivity index (χ0v) is 15.8. The van der Waals surface area contributed by atoms with Gasteiger partial charge in [-0.05, 0) is 36.6 Å². The molecule has 4 aromatic rings. The first-order valence-electron chi connectivity index (χ1n) is 9.49. The molecule has 0 atom stereocenters. The number of aromatic nitrogens is 5. The number of H-pyrrole nitrogens is 1. The van der Waals surface area contributed by atoms with Crippen molar-refractivity contribution < 1.29 is 9.59 Å². The largest absolute Gasteiger partial charge is 0.324 e. The van der Waals surface area contributed by atoms with Crippen molar-refractivity contribution in [2.45, 2.75) is 12.8 Å². The summed E-state index contributed by atoms with van der Waals surface area (Å²) in [7, 11) is 0. The van der Waals surface area contributed by atoms with Gasteiger partial charge in [-0.1, -0.05) is 6.07 Å². The maximum Gasteiger partial charge on any atom is 0.277 e. The van der Waals surface area contributed by atoms with E-state index < -0.39 is 0 Å². The highest BCUT2D eigenvalue weighted by Gasteiger charge is 2.29. The molecule has 1 aromatic carbocycles. The molecule has 0 radical (unpaired) electrons. The summed E-state index contributed by atoms with van der Waals surface area (Å²) in [6.07, 6.45) is 9.71. The second kappa shape index (κ2) is 7.36. The monoisotopic (exact) mass is 399 g/mol. The van der Waals surface area contributed by atoms with Crippen molar-refractivity contribution in [3.05, 3.63) is 60.9 Å². The number of amides is 2. The summed E-state index contributed by atoms with van der Waals surface area (Å²) in [6.45, 7) is 0. The molecule has 2 amide bonds. The Hall–Kier alpha value is -4.14. The first-order valence-corrected chi connectivity index (χ1v) is 9.49. The molecule has 3 heterocycles. The van der Waals surface area contributed by atoms with Gasteiger partial charge < -0.3 is 10.6 Å². The zero-order chi connectivity index (χ0) is 20.5. The molecule has 1 aliphatic carbocycles. The van der Waals surface area contributed by atoms with E-state index in [1.54, 1.807) is 12.4 Å². The minimum atomic E-state index is -0.387. The van der Waals surface area contributed by atoms with Gasteiger partial charge >= 0.3 is 0 Å². The molecular weight excluding hydrogens is 382 g/mol. The van der Waals surface area contributed by atoms with Crippen LogP contribution in [-0.4, -0.2) is 37.0 Å². The fourth-order valence-corrected chi connectivity index (χ4v) is 3.16. The van der Waals surface area contributed by atoms with Gasteiger partial charge in [0, 0.05) is 35.5 Å². The minimum Gasteiger partial charge on any atom is -0.324 e. The molecule has 0 aliphatic heterocycles. The van der Waals surface area contributed by atoms with E-state index >= 15 is 0 Å². The summed E-state index contributed by atoms with van der Waals surface area (Å²) < 4.78 is 0. The number of pyridine rings is 1. The fraction of sp³-hybridized carbons (Fsp3) is 0.143. The lowest BCUT2D eigenvalue weighted by Crippen LogP contribution is -2.14. The molecule has 0 saturated heterocycles. The molecule has 0 unspecified atom stereocenters. The molecule has 9 nitrogen and oxygen atoms in total. The van der Waals surface area contributed by atoms with E-state index in [2.05, 4.69) is 35.8 Å². The molecule has 30 heavy (non-hydrogen) atoms. The molecule has 1 fully saturated rings. The lowest BCUT2D eigenvalue weighted by molar-refractivity contribution is -0.117. The van der Waals surface area contributed by atoms with Gasteiger partial charge in [-0.15, -0.1) is 0 Å². The molecule has 0 spiro atoms. The second-order valence-corrected chi connectivity index (χ2v) is 7.10. The van der Waals surface area contributed by atoms with E-state index in [9.17, 15) is 9.59 Å². The zero-order valence-electron chi connectivity index (χ0n) is 15.8. The lowest BCUT2D eigenvalue weighted by atomic mass is 10.0. The van der Waals surface area contributed by atoms with E-state index in [0.717, 1.165) is 29.5 Å². The van der Waals surface area contributed by atoms with Crippen LogP contribution in [0.15, 0.2) is 55.2 Å². The SMILES string of the molecule is O=C(Nc1cnccn1)c1n[nH]c2ccc(-c3cncc(NC(=O)C4CC4)c3)cc12. The minimum absolute atomic E-state index is 0.0298. The number of hydrogen-bond acceptors (Lipinski definition) is 6. The Morgan fingerprint density at radius 1 is 0.967 bits per heavy atom. The summed E-state index contributed by atoms with van der Waals surface area (Å²) in [6, 6.07) is 7.50. The summed E-state index contributed by atoms with van der Waals surface area (Å²) >= 11 is 0. The van der Waals surface area contributed by atoms with E-state index in [-0.39, 0.29) is 23.4 Å². The van der Waals surface area contributed by atoms with Crippen LogP contribution >= 0.6 is 0 Å². The molecule has 9 heteroatoms. The summed E-state index contributed by atoms with van der Waals surface area (Å²) in [5.41, 5.74) is 3.31. The van der Waals surface area contributed by atoms with Crippen molar-refractivity contribution in [1.82, 2.24) is 25.1 Å². The average molecular weight is 399 g/mol. The van der Waals surface area contributed by atoms with Crippen LogP contribution in [-0.2, 0) is 4.79 Å². The molecule has 3 aromatic heterocycles. The number of hydrogen-bond donors (Lipinski definition) is 3. The highest BCUT2D eigenvalue weighted by atomic mass is 16.2. The molecular formula is C21H17N7O2. The van der Waals surface area contributed by atoms with Crippen LogP contribution in [0, 0.1) is 5.92 Å². The van der Waals surface area contributed by atoms with Gasteiger partial charge in [0.05, 0.1) is 23.6 Å². The molecule has 0 bridgehead atoms. The molecule has 1 saturated carbocycles. The van der Waals surface area contributed by atoms with Gasteiger partial charge in [0.2, 0.25) is 5.91 Å². The first kappa shape index (κ1) is 17.9. The van der Waals surface area contributed by atoms with Gasteiger partial charge in [-0.3, -0.25) is 24.7 Å². The third-order valence-electron chi connectivity index (χ3n) is 4.87. The van der Waals surface area contributed by atoms with Crippen LogP contribution in [0.1, 0.15) is 23.3 Å². The van der Waals surface area contributed by atoms with Gasteiger partial charge in [0.15, 0.2) is 11.5 Å². The van der Waals surface area contributed by atoms with Gasteiger partial charge in [-0.2, -0.15) is 5.10 Å². The molecule has 1 aliphatic rings. The average Bonchev–Trinajstić information content (AvgIpc) is 3.54. The number of nitrogens with zero attached hydrogens (tertiary/aromatic N) is 4. The Bertz CT molecular complexity index is 1250. The Labute approximate surface area is 171 Å². The number of fused-ring (bicyclic) bond motifs is 1. The first-order chi connectivity index (χ1) is 14.7. The van der Waals surface area contributed by atoms with Crippen LogP contribution in [0.25, 0.3) is 22.0 Å². The number of rotatable bonds is 5. The summed E-state index contributed by atoms with van der Waals surface area (Å²) in [5, 5.41) is 13.3. The summed E-state index contributed by atoms with van der Waals surface area (Å²) in [5.74, 6) is 0.106. The third kappa shape index (κ3) is 3.60. The molecule has 3 N–H and O–H groups in total. The van der Waals surface area contributed by atoms with Crippen molar-refractivity contribution in [3.8, 4) is 11.1 Å². The number of benzene rings is 1. The number of anilines is 2. The quantitative estimate of drug-likeness (QED) is 0.474. The topological polar surface area (TPSA) is 126 Å². The van der Waals surface area contributed by atoms with Crippen LogP contribution in [0.5, 0.6) is 0 Å². The smallest absolute Gasteiger partial charge is 0.277 e. The van der Waals surface area contributed by atoms with E-state index in [0.29, 0.717) is 16.9 Å². The Morgan fingerprint density at radius 2 is 1.87 bits per heavy atom. The van der Waals surface area contributed by atoms with Crippen molar-refractivity contribution in [2.24, 2.45) is 5.92 Å².